The maximum absolute atomic E-state index is 8.80. The molecule has 0 unspecified atom stereocenters. The summed E-state index contributed by atoms with van der Waals surface area (Å²) in [7, 11) is 0. The van der Waals surface area contributed by atoms with E-state index in [1.54, 1.807) is 0 Å². The summed E-state index contributed by atoms with van der Waals surface area (Å²) in [6.07, 6.45) is 0. The zero-order chi connectivity index (χ0) is 41.1. The van der Waals surface area contributed by atoms with Gasteiger partial charge in [-0.2, -0.15) is 0 Å². The van der Waals surface area contributed by atoms with Crippen molar-refractivity contribution in [3.63, 3.8) is 0 Å². The Balaban J connectivity index is 1.04. The van der Waals surface area contributed by atoms with Gasteiger partial charge < -0.3 is 8.83 Å². The Bertz CT molecular complexity index is 3790. The van der Waals surface area contributed by atoms with Crippen LogP contribution in [-0.2, 0) is 0 Å². The van der Waals surface area contributed by atoms with E-state index in [1.165, 1.54) is 32.3 Å². The molecular formula is C51H29N3O2. The first-order chi connectivity index (χ1) is 29.8. The van der Waals surface area contributed by atoms with Crippen molar-refractivity contribution in [2.24, 2.45) is 0 Å². The van der Waals surface area contributed by atoms with Gasteiger partial charge in [0.05, 0.1) is 12.4 Å². The third-order valence-corrected chi connectivity index (χ3v) is 10.8. The molecule has 0 aliphatic rings. The molecule has 0 atom stereocenters. The van der Waals surface area contributed by atoms with E-state index in [-0.39, 0.29) is 23.0 Å². The average molecular weight is 721 g/mol. The summed E-state index contributed by atoms with van der Waals surface area (Å²) in [6.45, 7) is 0. The Hall–Kier alpha value is -7.63. The summed E-state index contributed by atoms with van der Waals surface area (Å²) in [5, 5.41) is 10.9. The van der Waals surface area contributed by atoms with E-state index in [0.717, 1.165) is 38.3 Å². The summed E-state index contributed by atoms with van der Waals surface area (Å²) in [5.74, 6) is 0.393. The summed E-state index contributed by atoms with van der Waals surface area (Å²) >= 11 is 0. The topological polar surface area (TPSA) is 65.0 Å². The van der Waals surface area contributed by atoms with Crippen LogP contribution in [0.3, 0.4) is 0 Å². The van der Waals surface area contributed by atoms with Crippen molar-refractivity contribution >= 4 is 76.2 Å². The van der Waals surface area contributed by atoms with Gasteiger partial charge in [0.25, 0.3) is 0 Å². The molecule has 0 amide bonds. The summed E-state index contributed by atoms with van der Waals surface area (Å²) in [5.41, 5.74) is 5.74. The summed E-state index contributed by atoms with van der Waals surface area (Å²) < 4.78 is 55.5. The van der Waals surface area contributed by atoms with Crippen LogP contribution in [0.1, 0.15) is 6.85 Å². The van der Waals surface area contributed by atoms with E-state index in [0.29, 0.717) is 27.9 Å². The lowest BCUT2D eigenvalue weighted by atomic mass is 9.92. The second-order valence-corrected chi connectivity index (χ2v) is 14.0. The SMILES string of the molecule is [2H]c1c([2H])c([2H])c(-c2nc(-c3ccc4c(c3)oc3ccccc34)nc(-c3cccc4c3oc3ccc(-c5ccc6c7ccccc7c7ccccc7c6c5)cc34)n2)c([2H])c1[2H]. The van der Waals surface area contributed by atoms with Crippen molar-refractivity contribution in [2.75, 3.05) is 0 Å². The van der Waals surface area contributed by atoms with Crippen LogP contribution in [0.25, 0.3) is 121 Å². The molecule has 9 aromatic carbocycles. The normalized spacial score (nSPS) is 13.2. The number of para-hydroxylation sites is 2. The van der Waals surface area contributed by atoms with Gasteiger partial charge in [-0.15, -0.1) is 0 Å². The maximum atomic E-state index is 8.80. The molecule has 0 aliphatic heterocycles. The molecule has 0 N–H and O–H groups in total. The Morgan fingerprint density at radius 3 is 1.64 bits per heavy atom. The van der Waals surface area contributed by atoms with Crippen LogP contribution in [0.2, 0.25) is 0 Å². The first-order valence-corrected chi connectivity index (χ1v) is 18.3. The molecule has 0 saturated carbocycles. The standard InChI is InChI=1S/C51H29N3O2/c1-2-11-30(12-3-1)49-52-50(33-22-25-40-39-17-8-9-20-45(39)55-47(40)29-33)54-51(53-49)42-19-10-18-41-44-28-32(23-26-46(44)56-48(41)42)31-21-24-38-36-15-5-4-13-34(36)35-14-6-7-16-37(35)43(38)27-31/h1-29H/i1D,2D,3D,11D,12D. The number of rotatable bonds is 4. The van der Waals surface area contributed by atoms with Crippen molar-refractivity contribution in [3.05, 3.63) is 176 Å². The lowest BCUT2D eigenvalue weighted by Crippen LogP contribution is -2.00. The van der Waals surface area contributed by atoms with Crippen molar-refractivity contribution in [3.8, 4) is 45.3 Å². The van der Waals surface area contributed by atoms with E-state index in [1.807, 2.05) is 66.7 Å². The summed E-state index contributed by atoms with van der Waals surface area (Å²) in [4.78, 5) is 14.5. The third-order valence-electron chi connectivity index (χ3n) is 10.8. The minimum absolute atomic E-state index is 0.0614. The van der Waals surface area contributed by atoms with Gasteiger partial charge in [0.15, 0.2) is 17.5 Å². The molecular weight excluding hydrogens is 687 g/mol. The lowest BCUT2D eigenvalue weighted by molar-refractivity contribution is 0.668. The van der Waals surface area contributed by atoms with Crippen molar-refractivity contribution in [1.82, 2.24) is 15.0 Å². The second-order valence-electron chi connectivity index (χ2n) is 14.0. The molecule has 0 spiro atoms. The Labute approximate surface area is 327 Å². The zero-order valence-corrected chi connectivity index (χ0v) is 29.5. The highest BCUT2D eigenvalue weighted by atomic mass is 16.3. The number of furan rings is 2. The highest BCUT2D eigenvalue weighted by Gasteiger charge is 2.19. The van der Waals surface area contributed by atoms with Crippen LogP contribution in [0.5, 0.6) is 0 Å². The average Bonchev–Trinajstić information content (AvgIpc) is 3.88. The first kappa shape index (κ1) is 26.2. The van der Waals surface area contributed by atoms with Gasteiger partial charge in [-0.1, -0.05) is 133 Å². The number of benzene rings is 9. The number of hydrogen-bond donors (Lipinski definition) is 0. The van der Waals surface area contributed by atoms with Crippen LogP contribution in [0.4, 0.5) is 0 Å². The van der Waals surface area contributed by atoms with Crippen molar-refractivity contribution < 1.29 is 15.7 Å². The molecule has 3 heterocycles. The van der Waals surface area contributed by atoms with E-state index in [4.69, 9.17) is 30.6 Å². The molecule has 12 aromatic rings. The molecule has 0 bridgehead atoms. The quantitative estimate of drug-likeness (QED) is 0.169. The maximum Gasteiger partial charge on any atom is 0.167 e. The summed E-state index contributed by atoms with van der Waals surface area (Å²) in [6, 6.07) is 46.9. The minimum Gasteiger partial charge on any atom is -0.456 e. The monoisotopic (exact) mass is 720 g/mol. The van der Waals surface area contributed by atoms with Gasteiger partial charge in [-0.25, -0.2) is 15.0 Å². The van der Waals surface area contributed by atoms with E-state index >= 15 is 0 Å². The predicted octanol–water partition coefficient (Wildman–Crippen LogP) is 13.8. The molecule has 3 aromatic heterocycles. The fraction of sp³-hybridized carbons (Fsp3) is 0. The predicted molar refractivity (Wildman–Crippen MR) is 229 cm³/mol. The van der Waals surface area contributed by atoms with Crippen LogP contribution < -0.4 is 0 Å². The van der Waals surface area contributed by atoms with Gasteiger partial charge in [0.2, 0.25) is 0 Å². The van der Waals surface area contributed by atoms with Gasteiger partial charge in [0, 0.05) is 32.7 Å². The van der Waals surface area contributed by atoms with E-state index in [2.05, 4.69) is 78.9 Å². The van der Waals surface area contributed by atoms with Crippen molar-refractivity contribution in [1.29, 1.82) is 0 Å². The Morgan fingerprint density at radius 1 is 0.339 bits per heavy atom. The van der Waals surface area contributed by atoms with E-state index in [9.17, 15) is 0 Å². The fourth-order valence-corrected chi connectivity index (χ4v) is 8.21. The highest BCUT2D eigenvalue weighted by molar-refractivity contribution is 6.26. The van der Waals surface area contributed by atoms with Gasteiger partial charge in [-0.3, -0.25) is 0 Å². The van der Waals surface area contributed by atoms with Gasteiger partial charge in [-0.05, 0) is 85.9 Å². The number of nitrogens with zero attached hydrogens (tertiary/aromatic N) is 3. The van der Waals surface area contributed by atoms with E-state index < -0.39 is 30.2 Å². The molecule has 12 rings (SSSR count). The number of aromatic nitrogens is 3. The Kier molecular flexibility index (Phi) is 5.58. The third kappa shape index (κ3) is 4.71. The molecule has 5 heteroatoms. The highest BCUT2D eigenvalue weighted by Crippen LogP contribution is 2.41. The Morgan fingerprint density at radius 2 is 0.875 bits per heavy atom. The number of hydrogen-bond acceptors (Lipinski definition) is 5. The van der Waals surface area contributed by atoms with Gasteiger partial charge >= 0.3 is 0 Å². The van der Waals surface area contributed by atoms with Crippen molar-refractivity contribution in [2.45, 2.75) is 0 Å². The van der Waals surface area contributed by atoms with Crippen LogP contribution >= 0.6 is 0 Å². The molecule has 0 aliphatic carbocycles. The molecule has 0 radical (unpaired) electrons. The van der Waals surface area contributed by atoms with Crippen LogP contribution in [0.15, 0.2) is 185 Å². The van der Waals surface area contributed by atoms with Gasteiger partial charge in [0.1, 0.15) is 22.3 Å². The smallest absolute Gasteiger partial charge is 0.167 e. The molecule has 56 heavy (non-hydrogen) atoms. The minimum atomic E-state index is -0.500. The molecule has 0 fully saturated rings. The molecule has 5 nitrogen and oxygen atoms in total. The van der Waals surface area contributed by atoms with Crippen LogP contribution in [-0.4, -0.2) is 15.0 Å². The second kappa shape index (κ2) is 11.9. The lowest BCUT2D eigenvalue weighted by Gasteiger charge is -2.12. The molecule has 0 saturated heterocycles. The fourth-order valence-electron chi connectivity index (χ4n) is 8.21. The number of fused-ring (bicyclic) bond motifs is 12. The largest absolute Gasteiger partial charge is 0.456 e. The zero-order valence-electron chi connectivity index (χ0n) is 34.5. The first-order valence-electron chi connectivity index (χ1n) is 20.8. The van der Waals surface area contributed by atoms with Crippen LogP contribution in [0, 0.1) is 0 Å². The molecule has 260 valence electrons.